The molecule has 0 bridgehead atoms. The lowest BCUT2D eigenvalue weighted by Gasteiger charge is -2.00. The van der Waals surface area contributed by atoms with Crippen molar-refractivity contribution >= 4 is 11.4 Å². The Balaban J connectivity index is 2.34. The molecule has 10 heavy (non-hydrogen) atoms. The molecule has 1 aromatic rings. The third-order valence-electron chi connectivity index (χ3n) is 2.14. The standard InChI is InChI=1S/C9H7N/c1-3-7-4-2-6-10-8(5-1)9(7)10/h1-3,5-6H,4H2. The highest BCUT2D eigenvalue weighted by molar-refractivity contribution is 5.98. The summed E-state index contributed by atoms with van der Waals surface area (Å²) in [5.41, 5.74) is 4.32. The summed E-state index contributed by atoms with van der Waals surface area (Å²) in [6.07, 6.45) is 5.46. The van der Waals surface area contributed by atoms with Crippen LogP contribution in [0.2, 0.25) is 0 Å². The molecule has 3 rings (SSSR count). The first-order valence-corrected chi connectivity index (χ1v) is 3.54. The molecule has 0 saturated heterocycles. The first-order valence-electron chi connectivity index (χ1n) is 3.54. The van der Waals surface area contributed by atoms with Crippen LogP contribution in [0.1, 0.15) is 5.56 Å². The van der Waals surface area contributed by atoms with Crippen molar-refractivity contribution in [3.05, 3.63) is 36.0 Å². The topological polar surface area (TPSA) is 3.01 Å². The molecule has 48 valence electrons. The van der Waals surface area contributed by atoms with Crippen molar-refractivity contribution in [2.75, 3.05) is 4.90 Å². The van der Waals surface area contributed by atoms with Gasteiger partial charge in [0.2, 0.25) is 0 Å². The SMILES string of the molecule is C1=CN2c3cccc(c32)C1. The van der Waals surface area contributed by atoms with Crippen LogP contribution < -0.4 is 4.90 Å². The summed E-state index contributed by atoms with van der Waals surface area (Å²) in [7, 11) is 0. The normalized spacial score (nSPS) is 17.0. The van der Waals surface area contributed by atoms with Crippen molar-refractivity contribution in [1.82, 2.24) is 0 Å². The van der Waals surface area contributed by atoms with Gasteiger partial charge in [0.25, 0.3) is 0 Å². The molecule has 0 aliphatic carbocycles. The fraction of sp³-hybridized carbons (Fsp3) is 0.111. The molecule has 0 saturated carbocycles. The van der Waals surface area contributed by atoms with Crippen LogP contribution in [0, 0.1) is 0 Å². The van der Waals surface area contributed by atoms with Gasteiger partial charge in [-0.2, -0.15) is 0 Å². The van der Waals surface area contributed by atoms with Gasteiger partial charge in [0.1, 0.15) is 0 Å². The number of rotatable bonds is 0. The van der Waals surface area contributed by atoms with E-state index in [9.17, 15) is 0 Å². The lowest BCUT2D eigenvalue weighted by molar-refractivity contribution is 1.24. The number of para-hydroxylation sites is 1. The van der Waals surface area contributed by atoms with Crippen LogP contribution >= 0.6 is 0 Å². The minimum absolute atomic E-state index is 1.11. The number of hydrogen-bond acceptors (Lipinski definition) is 1. The van der Waals surface area contributed by atoms with Crippen LogP contribution in [0.3, 0.4) is 0 Å². The van der Waals surface area contributed by atoms with Gasteiger partial charge in [-0.15, -0.1) is 0 Å². The maximum absolute atomic E-state index is 2.23. The Bertz CT molecular complexity index is 326. The molecule has 0 spiro atoms. The van der Waals surface area contributed by atoms with E-state index >= 15 is 0 Å². The predicted molar refractivity (Wildman–Crippen MR) is 41.4 cm³/mol. The van der Waals surface area contributed by atoms with E-state index < -0.39 is 0 Å². The summed E-state index contributed by atoms with van der Waals surface area (Å²) in [5, 5.41) is 0. The van der Waals surface area contributed by atoms with Crippen molar-refractivity contribution in [2.24, 2.45) is 0 Å². The fourth-order valence-electron chi connectivity index (χ4n) is 1.61. The molecule has 0 fully saturated rings. The Morgan fingerprint density at radius 1 is 1.30 bits per heavy atom. The monoisotopic (exact) mass is 129 g/mol. The van der Waals surface area contributed by atoms with Gasteiger partial charge in [0.05, 0.1) is 11.4 Å². The molecule has 2 aliphatic rings. The van der Waals surface area contributed by atoms with E-state index in [4.69, 9.17) is 0 Å². The summed E-state index contributed by atoms with van der Waals surface area (Å²) in [5.74, 6) is 0. The Hall–Kier alpha value is -1.24. The van der Waals surface area contributed by atoms with Crippen molar-refractivity contribution < 1.29 is 0 Å². The van der Waals surface area contributed by atoms with Crippen LogP contribution in [0.25, 0.3) is 0 Å². The zero-order valence-electron chi connectivity index (χ0n) is 5.54. The quantitative estimate of drug-likeness (QED) is 0.485. The van der Waals surface area contributed by atoms with E-state index in [-0.39, 0.29) is 0 Å². The van der Waals surface area contributed by atoms with Gasteiger partial charge in [-0.05, 0) is 18.1 Å². The van der Waals surface area contributed by atoms with E-state index in [2.05, 4.69) is 35.4 Å². The van der Waals surface area contributed by atoms with Crippen molar-refractivity contribution in [1.29, 1.82) is 0 Å². The largest absolute Gasteiger partial charge is 0.313 e. The highest BCUT2D eigenvalue weighted by Gasteiger charge is 2.31. The number of allylic oxidation sites excluding steroid dienone is 1. The first kappa shape index (κ1) is 4.56. The summed E-state index contributed by atoms with van der Waals surface area (Å²) in [6.45, 7) is 0. The van der Waals surface area contributed by atoms with Crippen LogP contribution in [-0.4, -0.2) is 0 Å². The second-order valence-electron chi connectivity index (χ2n) is 2.74. The van der Waals surface area contributed by atoms with Gasteiger partial charge in [-0.1, -0.05) is 18.2 Å². The number of fused-ring (bicyclic) bond motifs is 1. The maximum Gasteiger partial charge on any atom is 0.0733 e. The van der Waals surface area contributed by atoms with Crippen molar-refractivity contribution in [3.8, 4) is 0 Å². The third-order valence-corrected chi connectivity index (χ3v) is 2.14. The van der Waals surface area contributed by atoms with Crippen molar-refractivity contribution in [2.45, 2.75) is 6.42 Å². The highest BCUT2D eigenvalue weighted by Crippen LogP contribution is 2.52. The number of nitrogens with zero attached hydrogens (tertiary/aromatic N) is 1. The van der Waals surface area contributed by atoms with Crippen molar-refractivity contribution in [3.63, 3.8) is 0 Å². The molecule has 1 heteroatoms. The van der Waals surface area contributed by atoms with Crippen LogP contribution in [-0.2, 0) is 6.42 Å². The lowest BCUT2D eigenvalue weighted by Crippen LogP contribution is -1.91. The molecule has 0 atom stereocenters. The highest BCUT2D eigenvalue weighted by atomic mass is 15.3. The van der Waals surface area contributed by atoms with E-state index in [1.54, 1.807) is 0 Å². The van der Waals surface area contributed by atoms with Gasteiger partial charge in [0.15, 0.2) is 0 Å². The van der Waals surface area contributed by atoms with Gasteiger partial charge >= 0.3 is 0 Å². The van der Waals surface area contributed by atoms with E-state index in [0.29, 0.717) is 0 Å². The zero-order chi connectivity index (χ0) is 6.55. The molecule has 0 N–H and O–H groups in total. The summed E-state index contributed by atoms with van der Waals surface area (Å²) in [4.78, 5) is 2.23. The first-order chi connectivity index (χ1) is 4.97. The lowest BCUT2D eigenvalue weighted by atomic mass is 10.1. The van der Waals surface area contributed by atoms with Gasteiger partial charge in [-0.3, -0.25) is 0 Å². The summed E-state index contributed by atoms with van der Waals surface area (Å²) < 4.78 is 0. The van der Waals surface area contributed by atoms with Gasteiger partial charge < -0.3 is 4.90 Å². The minimum atomic E-state index is 1.11. The molecule has 1 nitrogen and oxygen atoms in total. The number of hydrogen-bond donors (Lipinski definition) is 0. The maximum atomic E-state index is 2.23. The third kappa shape index (κ3) is 0.366. The fourth-order valence-corrected chi connectivity index (χ4v) is 1.61. The molecule has 0 amide bonds. The van der Waals surface area contributed by atoms with E-state index in [1.807, 2.05) is 0 Å². The summed E-state index contributed by atoms with van der Waals surface area (Å²) >= 11 is 0. The Kier molecular flexibility index (Phi) is 0.575. The molecule has 0 unspecified atom stereocenters. The molecular formula is C9H7N. The average Bonchev–Trinajstić information content (AvgIpc) is 2.68. The Morgan fingerprint density at radius 3 is 3.20 bits per heavy atom. The van der Waals surface area contributed by atoms with Crippen LogP contribution in [0.4, 0.5) is 11.4 Å². The minimum Gasteiger partial charge on any atom is -0.313 e. The zero-order valence-corrected chi connectivity index (χ0v) is 5.54. The molecule has 2 heterocycles. The molecule has 0 aromatic heterocycles. The van der Waals surface area contributed by atoms with Crippen LogP contribution in [0.15, 0.2) is 30.5 Å². The van der Waals surface area contributed by atoms with E-state index in [0.717, 1.165) is 6.42 Å². The Morgan fingerprint density at radius 2 is 2.30 bits per heavy atom. The Labute approximate surface area is 59.6 Å². The molecule has 2 aliphatic heterocycles. The second-order valence-corrected chi connectivity index (χ2v) is 2.74. The van der Waals surface area contributed by atoms with Gasteiger partial charge in [0, 0.05) is 6.20 Å². The predicted octanol–water partition coefficient (Wildman–Crippen LogP) is 2.21. The smallest absolute Gasteiger partial charge is 0.0733 e. The number of benzene rings is 1. The van der Waals surface area contributed by atoms with E-state index in [1.165, 1.54) is 16.9 Å². The molecular weight excluding hydrogens is 122 g/mol. The number of anilines is 2. The second kappa shape index (κ2) is 1.26. The van der Waals surface area contributed by atoms with Crippen LogP contribution in [0.5, 0.6) is 0 Å². The molecule has 0 radical (unpaired) electrons. The van der Waals surface area contributed by atoms with Gasteiger partial charge in [-0.25, -0.2) is 0 Å². The summed E-state index contributed by atoms with van der Waals surface area (Å²) in [6, 6.07) is 6.48. The average molecular weight is 129 g/mol. The molecule has 1 aromatic carbocycles.